The molecule has 4 rings (SSSR count). The fraction of sp³-hybridized carbons (Fsp3) is 0.0952. The second kappa shape index (κ2) is 7.77. The Bertz CT molecular complexity index is 1400. The van der Waals surface area contributed by atoms with Gasteiger partial charge in [-0.15, -0.1) is 0 Å². The van der Waals surface area contributed by atoms with Gasteiger partial charge in [-0.25, -0.2) is 0 Å². The first-order valence-electron chi connectivity index (χ1n) is 9.27. The highest BCUT2D eigenvalue weighted by Gasteiger charge is 2.40. The molecule has 0 radical (unpaired) electrons. The largest absolute Gasteiger partial charge is 0.501 e. The Labute approximate surface area is 179 Å². The molecule has 0 saturated heterocycles. The van der Waals surface area contributed by atoms with Crippen molar-refractivity contribution in [1.29, 1.82) is 5.26 Å². The van der Waals surface area contributed by atoms with E-state index in [0.717, 1.165) is 10.7 Å². The van der Waals surface area contributed by atoms with E-state index in [9.17, 15) is 35.4 Å². The molecule has 11 nitrogen and oxygen atoms in total. The van der Waals surface area contributed by atoms with Crippen LogP contribution < -0.4 is 5.56 Å². The normalized spacial score (nSPS) is 15.0. The minimum Gasteiger partial charge on any atom is -0.501 e. The Morgan fingerprint density at radius 2 is 1.81 bits per heavy atom. The van der Waals surface area contributed by atoms with Crippen LogP contribution in [0.4, 0.5) is 5.69 Å². The van der Waals surface area contributed by atoms with Crippen molar-refractivity contribution in [2.24, 2.45) is 0 Å². The quantitative estimate of drug-likeness (QED) is 0.486. The Kier molecular flexibility index (Phi) is 4.96. The van der Waals surface area contributed by atoms with Crippen molar-refractivity contribution in [2.45, 2.75) is 12.3 Å². The standard InChI is InChI=1S/C21H13N5O6/c22-11-17-16-10-15(12-5-4-8-14(9-12)25(29)30)19(26(31)32)20(27)18(16)23-24(21(17)28)13-6-2-1-3-7-13/h1-9,15,27H,10H2. The van der Waals surface area contributed by atoms with Gasteiger partial charge in [0.05, 0.1) is 21.5 Å². The lowest BCUT2D eigenvalue weighted by Gasteiger charge is -2.23. The summed E-state index contributed by atoms with van der Waals surface area (Å²) in [5.74, 6) is -1.92. The fourth-order valence-corrected chi connectivity index (χ4v) is 3.74. The average Bonchev–Trinajstić information content (AvgIpc) is 2.79. The summed E-state index contributed by atoms with van der Waals surface area (Å²) in [6, 6.07) is 15.2. The maximum absolute atomic E-state index is 12.9. The summed E-state index contributed by atoms with van der Waals surface area (Å²) in [4.78, 5) is 34.5. The zero-order chi connectivity index (χ0) is 23.0. The van der Waals surface area contributed by atoms with Crippen LogP contribution >= 0.6 is 0 Å². The molecule has 1 unspecified atom stereocenters. The van der Waals surface area contributed by atoms with E-state index in [2.05, 4.69) is 5.10 Å². The number of fused-ring (bicyclic) bond motifs is 1. The summed E-state index contributed by atoms with van der Waals surface area (Å²) in [6.45, 7) is 0. The monoisotopic (exact) mass is 431 g/mol. The molecule has 1 atom stereocenters. The van der Waals surface area contributed by atoms with Crippen LogP contribution in [0.2, 0.25) is 0 Å². The lowest BCUT2D eigenvalue weighted by atomic mass is 9.82. The van der Waals surface area contributed by atoms with Crippen LogP contribution in [-0.2, 0) is 6.42 Å². The Balaban J connectivity index is 1.99. The lowest BCUT2D eigenvalue weighted by Crippen LogP contribution is -2.31. The molecule has 11 heteroatoms. The van der Waals surface area contributed by atoms with Gasteiger partial charge in [0.1, 0.15) is 17.3 Å². The maximum Gasteiger partial charge on any atom is 0.297 e. The summed E-state index contributed by atoms with van der Waals surface area (Å²) >= 11 is 0. The number of aliphatic hydroxyl groups is 1. The van der Waals surface area contributed by atoms with Crippen molar-refractivity contribution in [2.75, 3.05) is 0 Å². The van der Waals surface area contributed by atoms with Gasteiger partial charge in [-0.1, -0.05) is 30.3 Å². The molecule has 1 aromatic heterocycles. The highest BCUT2D eigenvalue weighted by Crippen LogP contribution is 2.40. The molecule has 3 aromatic rings. The van der Waals surface area contributed by atoms with Gasteiger partial charge >= 0.3 is 0 Å². The van der Waals surface area contributed by atoms with Gasteiger partial charge in [0.15, 0.2) is 0 Å². The van der Waals surface area contributed by atoms with Gasteiger partial charge in [0, 0.05) is 17.7 Å². The van der Waals surface area contributed by atoms with E-state index in [1.165, 1.54) is 18.2 Å². The summed E-state index contributed by atoms with van der Waals surface area (Å²) in [6.07, 6.45) is -0.211. The van der Waals surface area contributed by atoms with Gasteiger partial charge in [-0.3, -0.25) is 25.0 Å². The van der Waals surface area contributed by atoms with E-state index in [-0.39, 0.29) is 34.5 Å². The fourth-order valence-electron chi connectivity index (χ4n) is 3.74. The topological polar surface area (TPSA) is 165 Å². The molecule has 1 heterocycles. The Morgan fingerprint density at radius 1 is 1.09 bits per heavy atom. The van der Waals surface area contributed by atoms with Crippen molar-refractivity contribution >= 4 is 11.4 Å². The summed E-state index contributed by atoms with van der Waals surface area (Å²) in [5, 5.41) is 47.6. The van der Waals surface area contributed by atoms with Crippen LogP contribution in [-0.4, -0.2) is 24.7 Å². The number of nitriles is 1. The number of hydrogen-bond acceptors (Lipinski definition) is 8. The minimum atomic E-state index is -1.13. The number of non-ortho nitro benzene ring substituents is 1. The van der Waals surface area contributed by atoms with Crippen LogP contribution in [0.25, 0.3) is 11.4 Å². The number of aliphatic hydroxyl groups excluding tert-OH is 1. The first-order valence-corrected chi connectivity index (χ1v) is 9.27. The van der Waals surface area contributed by atoms with E-state index < -0.39 is 32.8 Å². The summed E-state index contributed by atoms with van der Waals surface area (Å²) < 4.78 is 0.902. The lowest BCUT2D eigenvalue weighted by molar-refractivity contribution is -0.430. The molecule has 0 aliphatic heterocycles. The predicted molar refractivity (Wildman–Crippen MR) is 111 cm³/mol. The molecule has 32 heavy (non-hydrogen) atoms. The zero-order valence-electron chi connectivity index (χ0n) is 16.2. The van der Waals surface area contributed by atoms with E-state index in [4.69, 9.17) is 0 Å². The number of para-hydroxylation sites is 1. The average molecular weight is 431 g/mol. The SMILES string of the molecule is N#Cc1c2c(nn(-c3ccccc3)c1=O)C(O)=C([N+](=O)[O-])C(c1cccc([N+](=O)[O-])c1)C2. The molecular formula is C21H13N5O6. The third-order valence-electron chi connectivity index (χ3n) is 5.19. The molecule has 0 spiro atoms. The smallest absolute Gasteiger partial charge is 0.297 e. The van der Waals surface area contributed by atoms with Crippen LogP contribution in [0.1, 0.15) is 28.3 Å². The number of benzene rings is 2. The molecule has 0 bridgehead atoms. The van der Waals surface area contributed by atoms with Crippen molar-refractivity contribution < 1.29 is 15.0 Å². The van der Waals surface area contributed by atoms with Crippen LogP contribution in [0.5, 0.6) is 0 Å². The number of rotatable bonds is 4. The Morgan fingerprint density at radius 3 is 2.44 bits per heavy atom. The zero-order valence-corrected chi connectivity index (χ0v) is 16.2. The summed E-state index contributed by atoms with van der Waals surface area (Å²) in [7, 11) is 0. The number of allylic oxidation sites excluding steroid dienone is 1. The second-order valence-electron chi connectivity index (χ2n) is 6.97. The molecule has 0 fully saturated rings. The van der Waals surface area contributed by atoms with Gasteiger partial charge in [0.25, 0.3) is 16.9 Å². The van der Waals surface area contributed by atoms with Gasteiger partial charge in [0.2, 0.25) is 5.76 Å². The van der Waals surface area contributed by atoms with E-state index in [1.807, 2.05) is 6.07 Å². The number of hydrogen-bond donors (Lipinski definition) is 1. The molecule has 1 N–H and O–H groups in total. The third kappa shape index (κ3) is 3.25. The first kappa shape index (κ1) is 20.4. The van der Waals surface area contributed by atoms with Crippen molar-refractivity contribution in [1.82, 2.24) is 9.78 Å². The van der Waals surface area contributed by atoms with Crippen molar-refractivity contribution in [3.63, 3.8) is 0 Å². The number of nitro groups is 2. The first-order chi connectivity index (χ1) is 15.3. The molecular weight excluding hydrogens is 418 g/mol. The second-order valence-corrected chi connectivity index (χ2v) is 6.97. The molecule has 0 saturated carbocycles. The van der Waals surface area contributed by atoms with Crippen LogP contribution in [0.3, 0.4) is 0 Å². The van der Waals surface area contributed by atoms with E-state index >= 15 is 0 Å². The highest BCUT2D eigenvalue weighted by molar-refractivity contribution is 5.67. The van der Waals surface area contributed by atoms with Gasteiger partial charge < -0.3 is 5.11 Å². The van der Waals surface area contributed by atoms with Crippen LogP contribution in [0.15, 0.2) is 65.1 Å². The minimum absolute atomic E-state index is 0.0456. The molecule has 1 aliphatic carbocycles. The maximum atomic E-state index is 12.9. The molecule has 158 valence electrons. The Hall–Kier alpha value is -4.85. The van der Waals surface area contributed by atoms with Gasteiger partial charge in [-0.05, 0) is 24.1 Å². The number of nitrogens with zero attached hydrogens (tertiary/aromatic N) is 5. The number of nitro benzene ring substituents is 1. The molecule has 2 aromatic carbocycles. The van der Waals surface area contributed by atoms with E-state index in [0.29, 0.717) is 5.69 Å². The summed E-state index contributed by atoms with van der Waals surface area (Å²) in [5.41, 5.74) is -1.66. The highest BCUT2D eigenvalue weighted by atomic mass is 16.6. The van der Waals surface area contributed by atoms with Crippen LogP contribution in [0, 0.1) is 31.6 Å². The number of aromatic nitrogens is 2. The van der Waals surface area contributed by atoms with Crippen molar-refractivity contribution in [3.8, 4) is 11.8 Å². The van der Waals surface area contributed by atoms with Gasteiger partial charge in [-0.2, -0.15) is 15.0 Å². The molecule has 0 amide bonds. The predicted octanol–water partition coefficient (Wildman–Crippen LogP) is 2.86. The third-order valence-corrected chi connectivity index (χ3v) is 5.19. The van der Waals surface area contributed by atoms with E-state index in [1.54, 1.807) is 30.3 Å². The molecule has 1 aliphatic rings. The van der Waals surface area contributed by atoms with Crippen molar-refractivity contribution in [3.05, 3.63) is 113 Å².